The summed E-state index contributed by atoms with van der Waals surface area (Å²) in [5.74, 6) is -1.03. The smallest absolute Gasteiger partial charge is 0.303 e. The number of nitrogens with one attached hydrogen (secondary N) is 1. The molecule has 1 fully saturated rings. The van der Waals surface area contributed by atoms with Crippen LogP contribution in [0.3, 0.4) is 0 Å². The van der Waals surface area contributed by atoms with Crippen LogP contribution in [0.15, 0.2) is 29.6 Å². The summed E-state index contributed by atoms with van der Waals surface area (Å²) in [6, 6.07) is 8.07. The van der Waals surface area contributed by atoms with Gasteiger partial charge in [-0.15, -0.1) is 11.3 Å². The lowest BCUT2D eigenvalue weighted by atomic mass is 9.80. The zero-order valence-corrected chi connectivity index (χ0v) is 30.3. The highest BCUT2D eigenvalue weighted by atomic mass is 32.1. The van der Waals surface area contributed by atoms with Crippen LogP contribution in [-0.2, 0) is 32.0 Å². The van der Waals surface area contributed by atoms with Crippen molar-refractivity contribution in [2.24, 2.45) is 17.8 Å². The third-order valence-electron chi connectivity index (χ3n) is 10.7. The molecule has 0 radical (unpaired) electrons. The number of hydrogen-bond donors (Lipinski definition) is 1. The van der Waals surface area contributed by atoms with Crippen molar-refractivity contribution >= 4 is 34.9 Å². The standard InChI is InChI=1S/C37H54N4O5S/c1-9-24(4)29(20-33(43)37(6)17-12-18-40(37)7)36(45)41(8)31(23(2)3)21-32(46-25(5)42)35-39-30(22-47-35)34(44)38-28-16-15-26-13-10-11-14-27(26)19-28/h10-11,13-14,22-24,28-29,31-32H,9,12,15-21H2,1-8H3,(H,38,44)/t24-,28?,29-,31+,32+,37+/m0/s1. The number of Topliss-reactive ketones (excluding diaryl/α,β-unsaturated/α-hetero) is 1. The van der Waals surface area contributed by atoms with E-state index in [0.29, 0.717) is 17.1 Å². The Labute approximate surface area is 284 Å². The fraction of sp³-hybridized carbons (Fsp3) is 0.649. The lowest BCUT2D eigenvalue weighted by Crippen LogP contribution is -2.50. The summed E-state index contributed by atoms with van der Waals surface area (Å²) in [7, 11) is 3.79. The van der Waals surface area contributed by atoms with Crippen LogP contribution < -0.4 is 5.32 Å². The second-order valence-corrected chi connectivity index (χ2v) is 15.2. The van der Waals surface area contributed by atoms with Crippen molar-refractivity contribution in [3.8, 4) is 0 Å². The first-order valence-electron chi connectivity index (χ1n) is 17.3. The largest absolute Gasteiger partial charge is 0.455 e. The molecule has 2 amide bonds. The highest BCUT2D eigenvalue weighted by Crippen LogP contribution is 2.35. The van der Waals surface area contributed by atoms with Gasteiger partial charge in [-0.3, -0.25) is 24.1 Å². The van der Waals surface area contributed by atoms with Gasteiger partial charge in [0.25, 0.3) is 5.91 Å². The fourth-order valence-electron chi connectivity index (χ4n) is 7.23. The summed E-state index contributed by atoms with van der Waals surface area (Å²) in [4.78, 5) is 61.9. The predicted octanol–water partition coefficient (Wildman–Crippen LogP) is 6.01. The van der Waals surface area contributed by atoms with Crippen LogP contribution in [0.25, 0.3) is 0 Å². The summed E-state index contributed by atoms with van der Waals surface area (Å²) in [6.07, 6.45) is 4.94. The second kappa shape index (κ2) is 15.9. The monoisotopic (exact) mass is 666 g/mol. The van der Waals surface area contributed by atoms with Crippen LogP contribution in [0.5, 0.6) is 0 Å². The molecule has 258 valence electrons. The Bertz CT molecular complexity index is 1420. The number of ether oxygens (including phenoxy) is 1. The molecule has 1 aromatic carbocycles. The first-order valence-corrected chi connectivity index (χ1v) is 18.1. The van der Waals surface area contributed by atoms with Crippen LogP contribution >= 0.6 is 11.3 Å². The van der Waals surface area contributed by atoms with Crippen molar-refractivity contribution in [1.29, 1.82) is 0 Å². The van der Waals surface area contributed by atoms with Crippen LogP contribution in [0.2, 0.25) is 0 Å². The summed E-state index contributed by atoms with van der Waals surface area (Å²) in [6.45, 7) is 12.4. The number of esters is 1. The average molecular weight is 667 g/mol. The Balaban J connectivity index is 1.48. The number of aryl methyl sites for hydroxylation is 1. The van der Waals surface area contributed by atoms with Gasteiger partial charge in [-0.25, -0.2) is 4.98 Å². The molecule has 1 aliphatic carbocycles. The number of likely N-dealkylation sites (tertiary alicyclic amines) is 1. The van der Waals surface area contributed by atoms with Crippen LogP contribution in [-0.4, -0.2) is 76.6 Å². The first-order chi connectivity index (χ1) is 22.2. The van der Waals surface area contributed by atoms with Gasteiger partial charge in [0, 0.05) is 50.2 Å². The van der Waals surface area contributed by atoms with Crippen molar-refractivity contribution < 1.29 is 23.9 Å². The number of aromatic nitrogens is 1. The number of benzene rings is 1. The predicted molar refractivity (Wildman–Crippen MR) is 185 cm³/mol. The molecule has 2 aliphatic rings. The Morgan fingerprint density at radius 1 is 1.17 bits per heavy atom. The molecule has 2 aromatic rings. The van der Waals surface area contributed by atoms with E-state index in [9.17, 15) is 19.2 Å². The molecule has 6 atom stereocenters. The maximum atomic E-state index is 14.2. The quantitative estimate of drug-likeness (QED) is 0.246. The number of rotatable bonds is 14. The van der Waals surface area contributed by atoms with Gasteiger partial charge in [0.05, 0.1) is 5.54 Å². The number of carbonyl (C=O) groups is 4. The van der Waals surface area contributed by atoms with Crippen molar-refractivity contribution in [2.75, 3.05) is 20.6 Å². The zero-order chi connectivity index (χ0) is 34.5. The Kier molecular flexibility index (Phi) is 12.4. The molecule has 0 bridgehead atoms. The van der Waals surface area contributed by atoms with E-state index in [4.69, 9.17) is 4.74 Å². The van der Waals surface area contributed by atoms with E-state index in [-0.39, 0.29) is 47.9 Å². The van der Waals surface area contributed by atoms with Gasteiger partial charge < -0.3 is 15.0 Å². The van der Waals surface area contributed by atoms with E-state index >= 15 is 0 Å². The number of ketones is 1. The lowest BCUT2D eigenvalue weighted by Gasteiger charge is -2.38. The molecular weight excluding hydrogens is 612 g/mol. The molecular formula is C37H54N4O5S. The summed E-state index contributed by atoms with van der Waals surface area (Å²) >= 11 is 1.29. The molecule has 1 saturated heterocycles. The molecule has 0 spiro atoms. The van der Waals surface area contributed by atoms with Crippen LogP contribution in [0, 0.1) is 17.8 Å². The minimum absolute atomic E-state index is 0.0267. The van der Waals surface area contributed by atoms with Gasteiger partial charge in [-0.2, -0.15) is 0 Å². The van der Waals surface area contributed by atoms with Gasteiger partial charge in [0.1, 0.15) is 10.7 Å². The summed E-state index contributed by atoms with van der Waals surface area (Å²) in [5, 5.41) is 5.38. The van der Waals surface area contributed by atoms with Gasteiger partial charge in [-0.05, 0) is 75.6 Å². The second-order valence-electron chi connectivity index (χ2n) is 14.3. The number of amides is 2. The molecule has 1 aliphatic heterocycles. The molecule has 9 nitrogen and oxygen atoms in total. The Morgan fingerprint density at radius 2 is 1.87 bits per heavy atom. The van der Waals surface area contributed by atoms with Gasteiger partial charge in [0.15, 0.2) is 11.9 Å². The topological polar surface area (TPSA) is 109 Å². The normalized spacial score (nSPS) is 22.2. The van der Waals surface area contributed by atoms with E-state index in [2.05, 4.69) is 34.3 Å². The van der Waals surface area contributed by atoms with Gasteiger partial charge >= 0.3 is 5.97 Å². The third kappa shape index (κ3) is 8.68. The number of likely N-dealkylation sites (N-methyl/N-ethyl adjacent to an activating group) is 1. The zero-order valence-electron chi connectivity index (χ0n) is 29.5. The third-order valence-corrected chi connectivity index (χ3v) is 11.7. The maximum Gasteiger partial charge on any atom is 0.303 e. The number of nitrogens with zero attached hydrogens (tertiary/aromatic N) is 3. The SMILES string of the molecule is CC[C@H](C)[C@H](CC(=O)[C@@]1(C)CCCN1C)C(=O)N(C)[C@H](C[C@@H](OC(C)=O)c1nc(C(=O)NC2CCc3ccccc3C2)cs1)C(C)C. The Hall–Kier alpha value is -3.11. The minimum atomic E-state index is -0.724. The maximum absolute atomic E-state index is 14.2. The van der Waals surface area contributed by atoms with Crippen molar-refractivity contribution in [3.05, 3.63) is 51.5 Å². The van der Waals surface area contributed by atoms with E-state index in [0.717, 1.165) is 45.1 Å². The molecule has 4 rings (SSSR count). The number of hydrogen-bond acceptors (Lipinski definition) is 8. The number of fused-ring (bicyclic) bond motifs is 1. The minimum Gasteiger partial charge on any atom is -0.455 e. The number of carbonyl (C=O) groups excluding carboxylic acids is 4. The summed E-state index contributed by atoms with van der Waals surface area (Å²) in [5.41, 5.74) is 2.35. The van der Waals surface area contributed by atoms with Crippen molar-refractivity contribution in [2.45, 2.75) is 117 Å². The van der Waals surface area contributed by atoms with Crippen molar-refractivity contribution in [3.63, 3.8) is 0 Å². The Morgan fingerprint density at radius 3 is 2.49 bits per heavy atom. The summed E-state index contributed by atoms with van der Waals surface area (Å²) < 4.78 is 5.79. The van der Waals surface area contributed by atoms with Crippen LogP contribution in [0.1, 0.15) is 113 Å². The number of thiazole rings is 1. The molecule has 2 heterocycles. The average Bonchev–Trinajstić information content (AvgIpc) is 3.67. The molecule has 10 heteroatoms. The van der Waals surface area contributed by atoms with E-state index in [1.54, 1.807) is 17.3 Å². The lowest BCUT2D eigenvalue weighted by molar-refractivity contribution is -0.149. The van der Waals surface area contributed by atoms with E-state index < -0.39 is 23.5 Å². The molecule has 1 N–H and O–H groups in total. The van der Waals surface area contributed by atoms with Gasteiger partial charge in [0.2, 0.25) is 5.91 Å². The molecule has 0 saturated carbocycles. The highest BCUT2D eigenvalue weighted by Gasteiger charge is 2.43. The molecule has 1 aromatic heterocycles. The van der Waals surface area contributed by atoms with Crippen LogP contribution in [0.4, 0.5) is 0 Å². The van der Waals surface area contributed by atoms with E-state index in [1.165, 1.54) is 29.4 Å². The highest BCUT2D eigenvalue weighted by molar-refractivity contribution is 7.09. The molecule has 1 unspecified atom stereocenters. The van der Waals surface area contributed by atoms with E-state index in [1.807, 2.05) is 46.9 Å². The first kappa shape index (κ1) is 36.7. The van der Waals surface area contributed by atoms with Crippen molar-refractivity contribution in [1.82, 2.24) is 20.1 Å². The molecule has 47 heavy (non-hydrogen) atoms. The van der Waals surface area contributed by atoms with Gasteiger partial charge in [-0.1, -0.05) is 58.4 Å². The fourth-order valence-corrected chi connectivity index (χ4v) is 8.07.